The second kappa shape index (κ2) is 11.0. The molecule has 0 saturated heterocycles. The van der Waals surface area contributed by atoms with Crippen molar-refractivity contribution in [1.29, 1.82) is 0 Å². The summed E-state index contributed by atoms with van der Waals surface area (Å²) in [6.45, 7) is 12.0. The minimum Gasteiger partial charge on any atom is -0.0994 e. The molecule has 0 radical (unpaired) electrons. The van der Waals surface area contributed by atoms with Crippen LogP contribution in [0.3, 0.4) is 0 Å². The summed E-state index contributed by atoms with van der Waals surface area (Å²) in [6.07, 6.45) is 11.7. The molecule has 16 heavy (non-hydrogen) atoms. The molecule has 0 N–H and O–H groups in total. The van der Waals surface area contributed by atoms with E-state index in [-0.39, 0.29) is 0 Å². The Labute approximate surface area is 106 Å². The van der Waals surface area contributed by atoms with Gasteiger partial charge >= 0.3 is 0 Å². The van der Waals surface area contributed by atoms with Gasteiger partial charge in [0.2, 0.25) is 0 Å². The van der Waals surface area contributed by atoms with E-state index in [0.29, 0.717) is 15.8 Å². The first-order chi connectivity index (χ1) is 7.71. The first kappa shape index (κ1) is 16.9. The van der Waals surface area contributed by atoms with E-state index in [4.69, 9.17) is 0 Å². The van der Waals surface area contributed by atoms with Crippen molar-refractivity contribution in [2.75, 3.05) is 24.6 Å². The quantitative estimate of drug-likeness (QED) is 0.428. The van der Waals surface area contributed by atoms with Crippen molar-refractivity contribution < 1.29 is 0 Å². The van der Waals surface area contributed by atoms with E-state index in [9.17, 15) is 0 Å². The predicted octanol–water partition coefficient (Wildman–Crippen LogP) is 5.94. The molecule has 0 aliphatic heterocycles. The van der Waals surface area contributed by atoms with Gasteiger partial charge in [0.05, 0.1) is 0 Å². The summed E-state index contributed by atoms with van der Waals surface area (Å²) >= 11 is 0. The fraction of sp³-hybridized carbons (Fsp3) is 1.00. The van der Waals surface area contributed by atoms with E-state index in [1.54, 1.807) is 0 Å². The maximum absolute atomic E-state index is 2.58. The van der Waals surface area contributed by atoms with Crippen LogP contribution < -0.4 is 0 Å². The van der Waals surface area contributed by atoms with E-state index in [0.717, 1.165) is 5.40 Å². The van der Waals surface area contributed by atoms with E-state index in [1.807, 2.05) is 0 Å². The molecular weight excluding hydrogens is 230 g/mol. The molecule has 0 atom stereocenters. The molecule has 0 aromatic rings. The first-order valence-electron chi connectivity index (χ1n) is 7.19. The molecule has 0 spiro atoms. The maximum Gasteiger partial charge on any atom is -0.00342 e. The van der Waals surface area contributed by atoms with E-state index in [1.165, 1.54) is 50.3 Å². The van der Waals surface area contributed by atoms with Gasteiger partial charge in [0.1, 0.15) is 0 Å². The molecule has 98 valence electrons. The van der Waals surface area contributed by atoms with Gasteiger partial charge in [-0.3, -0.25) is 0 Å². The fourth-order valence-electron chi connectivity index (χ4n) is 2.35. The second-order valence-corrected chi connectivity index (χ2v) is 10.8. The highest BCUT2D eigenvalue weighted by Gasteiger charge is 2.22. The number of rotatable bonds is 10. The van der Waals surface area contributed by atoms with Crippen LogP contribution in [0.5, 0.6) is 0 Å². The topological polar surface area (TPSA) is 0 Å². The zero-order valence-electron chi connectivity index (χ0n) is 12.1. The molecule has 0 unspecified atom stereocenters. The molecule has 0 aliphatic carbocycles. The Bertz CT molecular complexity index is 120. The smallest absolute Gasteiger partial charge is 0.00342 e. The zero-order valence-corrected chi connectivity index (χ0v) is 13.9. The van der Waals surface area contributed by atoms with Gasteiger partial charge in [-0.05, 0) is 30.0 Å². The second-order valence-electron chi connectivity index (χ2n) is 4.70. The van der Waals surface area contributed by atoms with Gasteiger partial charge in [-0.15, -0.1) is 0 Å². The number of hydrogen-bond acceptors (Lipinski definition) is 0. The minimum atomic E-state index is 0.344. The van der Waals surface area contributed by atoms with Crippen molar-refractivity contribution in [1.82, 2.24) is 0 Å². The summed E-state index contributed by atoms with van der Waals surface area (Å²) in [7, 11) is 0.689. The van der Waals surface area contributed by atoms with Crippen molar-refractivity contribution in [2.24, 2.45) is 0 Å². The van der Waals surface area contributed by atoms with Gasteiger partial charge in [0, 0.05) is 0 Å². The van der Waals surface area contributed by atoms with Crippen LogP contribution in [-0.4, -0.2) is 30.0 Å². The van der Waals surface area contributed by atoms with Gasteiger partial charge in [-0.1, -0.05) is 76.1 Å². The molecule has 0 aromatic carbocycles. The van der Waals surface area contributed by atoms with Crippen LogP contribution in [0.25, 0.3) is 0 Å². The van der Waals surface area contributed by atoms with E-state index >= 15 is 0 Å². The third-order valence-electron chi connectivity index (χ3n) is 3.10. The molecule has 0 aliphatic rings. The van der Waals surface area contributed by atoms with Crippen molar-refractivity contribution >= 4 is 15.8 Å². The SMILES string of the molecule is CCCP(CCC)C(C)P(CCC)CCC. The zero-order chi connectivity index (χ0) is 12.4. The normalized spacial score (nSPS) is 12.0. The van der Waals surface area contributed by atoms with Crippen LogP contribution in [0.1, 0.15) is 60.3 Å². The molecule has 0 rings (SSSR count). The summed E-state index contributed by atoms with van der Waals surface area (Å²) < 4.78 is 0. The highest BCUT2D eigenvalue weighted by Crippen LogP contribution is 2.59. The Hall–Kier alpha value is 0.860. The van der Waals surface area contributed by atoms with Crippen molar-refractivity contribution in [3.8, 4) is 0 Å². The third-order valence-corrected chi connectivity index (χ3v) is 11.3. The molecule has 0 saturated carbocycles. The molecule has 0 amide bonds. The molecule has 0 aromatic heterocycles. The lowest BCUT2D eigenvalue weighted by Crippen LogP contribution is -2.07. The largest absolute Gasteiger partial charge is 0.0994 e. The molecule has 2 heteroatoms. The maximum atomic E-state index is 2.58. The molecular formula is C14H32P2. The van der Waals surface area contributed by atoms with Crippen molar-refractivity contribution in [2.45, 2.75) is 65.7 Å². The van der Waals surface area contributed by atoms with Crippen molar-refractivity contribution in [3.63, 3.8) is 0 Å². The summed E-state index contributed by atoms with van der Waals surface area (Å²) in [4.78, 5) is 0. The van der Waals surface area contributed by atoms with Gasteiger partial charge in [0.15, 0.2) is 0 Å². The Kier molecular flexibility index (Phi) is 11.6. The van der Waals surface area contributed by atoms with E-state index < -0.39 is 0 Å². The molecule has 0 bridgehead atoms. The third kappa shape index (κ3) is 6.56. The van der Waals surface area contributed by atoms with Crippen LogP contribution in [0, 0.1) is 0 Å². The Balaban J connectivity index is 4.31. The number of hydrogen-bond donors (Lipinski definition) is 0. The van der Waals surface area contributed by atoms with Crippen LogP contribution in [-0.2, 0) is 0 Å². The van der Waals surface area contributed by atoms with Crippen molar-refractivity contribution in [3.05, 3.63) is 0 Å². The molecule has 0 fully saturated rings. The van der Waals surface area contributed by atoms with Crippen LogP contribution in [0.2, 0.25) is 0 Å². The summed E-state index contributed by atoms with van der Waals surface area (Å²) in [5, 5.41) is 1.07. The van der Waals surface area contributed by atoms with Gasteiger partial charge < -0.3 is 0 Å². The summed E-state index contributed by atoms with van der Waals surface area (Å²) in [5.41, 5.74) is 0. The standard InChI is InChI=1S/C14H32P2/c1-6-10-15(11-7-2)14(5)16(12-8-3)13-9-4/h14H,6-13H2,1-5H3. The average molecular weight is 262 g/mol. The Morgan fingerprint density at radius 3 is 1.06 bits per heavy atom. The lowest BCUT2D eigenvalue weighted by molar-refractivity contribution is 1.02. The van der Waals surface area contributed by atoms with Crippen LogP contribution in [0.15, 0.2) is 0 Å². The van der Waals surface area contributed by atoms with Crippen LogP contribution >= 0.6 is 15.8 Å². The van der Waals surface area contributed by atoms with Crippen LogP contribution in [0.4, 0.5) is 0 Å². The Morgan fingerprint density at radius 1 is 0.625 bits per heavy atom. The predicted molar refractivity (Wildman–Crippen MR) is 83.9 cm³/mol. The van der Waals surface area contributed by atoms with Gasteiger partial charge in [0.25, 0.3) is 0 Å². The minimum absolute atomic E-state index is 0.344. The summed E-state index contributed by atoms with van der Waals surface area (Å²) in [5.74, 6) is 0. The summed E-state index contributed by atoms with van der Waals surface area (Å²) in [6, 6.07) is 0. The molecule has 0 nitrogen and oxygen atoms in total. The Morgan fingerprint density at radius 2 is 0.875 bits per heavy atom. The van der Waals surface area contributed by atoms with E-state index in [2.05, 4.69) is 34.6 Å². The first-order valence-corrected chi connectivity index (χ1v) is 10.7. The highest BCUT2D eigenvalue weighted by molar-refractivity contribution is 7.75. The van der Waals surface area contributed by atoms with Gasteiger partial charge in [-0.25, -0.2) is 0 Å². The lowest BCUT2D eigenvalue weighted by Gasteiger charge is -2.32. The van der Waals surface area contributed by atoms with Gasteiger partial charge in [-0.2, -0.15) is 0 Å². The lowest BCUT2D eigenvalue weighted by atomic mass is 10.6. The molecule has 0 heterocycles. The monoisotopic (exact) mass is 262 g/mol. The highest BCUT2D eigenvalue weighted by atomic mass is 31.2. The fourth-order valence-corrected chi connectivity index (χ4v) is 9.82. The average Bonchev–Trinajstić information content (AvgIpc) is 2.27.